The number of fused-ring (bicyclic) bond motifs is 8. The van der Waals surface area contributed by atoms with Gasteiger partial charge < -0.3 is 81.0 Å². The first-order chi connectivity index (χ1) is 34.3. The first kappa shape index (κ1) is 49.1. The summed E-state index contributed by atoms with van der Waals surface area (Å²) in [5.41, 5.74) is 1.57. The average Bonchev–Trinajstić information content (AvgIpc) is 3.34. The Morgan fingerprint density at radius 3 is 0.986 bits per heavy atom. The van der Waals surface area contributed by atoms with Crippen LogP contribution in [0.4, 0.5) is 0 Å². The van der Waals surface area contributed by atoms with Crippen molar-refractivity contribution in [3.05, 3.63) is 201 Å². The van der Waals surface area contributed by atoms with Gasteiger partial charge in [-0.05, 0) is 62.3 Å². The second-order valence-corrected chi connectivity index (χ2v) is 17.8. The Balaban J connectivity index is 1.48. The van der Waals surface area contributed by atoms with E-state index in [1.165, 1.54) is 103 Å². The van der Waals surface area contributed by atoms with E-state index >= 15 is 0 Å². The van der Waals surface area contributed by atoms with Gasteiger partial charge in [0.2, 0.25) is 0 Å². The lowest BCUT2D eigenvalue weighted by Crippen LogP contribution is -2.29. The molecule has 8 aromatic rings. The Morgan fingerprint density at radius 1 is 0.306 bits per heavy atom. The van der Waals surface area contributed by atoms with Crippen molar-refractivity contribution in [2.45, 2.75) is 24.2 Å². The minimum atomic E-state index is -1.91. The zero-order valence-electron chi connectivity index (χ0n) is 37.7. The van der Waals surface area contributed by atoms with Crippen LogP contribution in [0, 0.1) is 0 Å². The summed E-state index contributed by atoms with van der Waals surface area (Å²) in [5.74, 6) is -8.18. The topological polar surface area (TPSA) is 324 Å². The number of hydrogen-bond acceptors (Lipinski definition) is 16. The number of phenols is 8. The standard InChI is InChI=1S/C52H44B4O16/c57-40-21-41(58)35-18-34(40)48(26-3-11-30(12-4-26)54(67)68)36-19-38(44(61)22-42(36)59)50(28-7-15-32(16-8-28)56(71)72)52-47(64)24-46(63)33(17-25-1-9-29(10-2-25)53(65)66)51(52)39-20-37(43(60)23-45(39)62)49(35)27-5-13-31(14-6-27)55(69)70/h1-16,18-24,48-50,57-72H,17H2. The molecular weight excluding hydrogens is 924 g/mol. The normalized spacial score (nSPS) is 15.0. The van der Waals surface area contributed by atoms with Gasteiger partial charge in [-0.3, -0.25) is 0 Å². The van der Waals surface area contributed by atoms with E-state index in [9.17, 15) is 81.0 Å². The molecule has 1 aliphatic rings. The van der Waals surface area contributed by atoms with Crippen LogP contribution in [0.15, 0.2) is 140 Å². The molecule has 0 aliphatic heterocycles. The first-order valence-electron chi connectivity index (χ1n) is 22.4. The van der Waals surface area contributed by atoms with Gasteiger partial charge in [0.25, 0.3) is 0 Å². The van der Waals surface area contributed by atoms with Crippen molar-refractivity contribution in [3.8, 4) is 57.1 Å². The van der Waals surface area contributed by atoms with Crippen molar-refractivity contribution in [1.29, 1.82) is 0 Å². The van der Waals surface area contributed by atoms with E-state index in [0.717, 1.165) is 24.3 Å². The molecule has 16 N–H and O–H groups in total. The number of benzene rings is 8. The molecular formula is C52H44B4O16. The van der Waals surface area contributed by atoms with E-state index in [-0.39, 0.29) is 83.9 Å². The van der Waals surface area contributed by atoms with Crippen LogP contribution in [0.25, 0.3) is 11.1 Å². The Morgan fingerprint density at radius 2 is 0.611 bits per heavy atom. The van der Waals surface area contributed by atoms with Crippen LogP contribution in [0.5, 0.6) is 46.0 Å². The highest BCUT2D eigenvalue weighted by atomic mass is 16.4. The van der Waals surface area contributed by atoms with Crippen LogP contribution in [0.3, 0.4) is 0 Å². The molecule has 6 bridgehead atoms. The Kier molecular flexibility index (Phi) is 13.2. The molecule has 9 rings (SSSR count). The lowest BCUT2D eigenvalue weighted by Gasteiger charge is -2.30. The first-order valence-corrected chi connectivity index (χ1v) is 22.4. The summed E-state index contributed by atoms with van der Waals surface area (Å²) in [5, 5.41) is 177. The smallest absolute Gasteiger partial charge is 0.488 e. The minimum Gasteiger partial charge on any atom is -0.507 e. The van der Waals surface area contributed by atoms with Crippen molar-refractivity contribution < 1.29 is 81.0 Å². The maximum atomic E-state index is 12.4. The maximum Gasteiger partial charge on any atom is 0.488 e. The summed E-state index contributed by atoms with van der Waals surface area (Å²) >= 11 is 0. The predicted molar refractivity (Wildman–Crippen MR) is 269 cm³/mol. The highest BCUT2D eigenvalue weighted by Crippen LogP contribution is 2.55. The van der Waals surface area contributed by atoms with E-state index in [4.69, 9.17) is 0 Å². The van der Waals surface area contributed by atoms with E-state index in [1.807, 2.05) is 0 Å². The lowest BCUT2D eigenvalue weighted by molar-refractivity contribution is 0.424. The fourth-order valence-corrected chi connectivity index (χ4v) is 9.81. The lowest BCUT2D eigenvalue weighted by atomic mass is 9.72. The van der Waals surface area contributed by atoms with Gasteiger partial charge in [0.15, 0.2) is 0 Å². The van der Waals surface area contributed by atoms with Gasteiger partial charge in [0.1, 0.15) is 46.0 Å². The molecule has 3 unspecified atom stereocenters. The third kappa shape index (κ3) is 9.04. The predicted octanol–water partition coefficient (Wildman–Crippen LogP) is 1.16. The summed E-state index contributed by atoms with van der Waals surface area (Å²) in [6, 6.07) is 31.8. The van der Waals surface area contributed by atoms with Crippen LogP contribution < -0.4 is 21.9 Å². The highest BCUT2D eigenvalue weighted by molar-refractivity contribution is 6.59. The molecule has 0 saturated heterocycles. The summed E-state index contributed by atoms with van der Waals surface area (Å²) in [6.45, 7) is 0. The van der Waals surface area contributed by atoms with E-state index < -0.39 is 92.2 Å². The molecule has 16 nitrogen and oxygen atoms in total. The number of rotatable bonds is 9. The molecule has 0 heterocycles. The van der Waals surface area contributed by atoms with Crippen LogP contribution >= 0.6 is 0 Å². The van der Waals surface area contributed by atoms with Crippen molar-refractivity contribution in [1.82, 2.24) is 0 Å². The quantitative estimate of drug-likeness (QED) is 0.0903. The van der Waals surface area contributed by atoms with Gasteiger partial charge in [0, 0.05) is 98.5 Å². The number of hydrogen-bond donors (Lipinski definition) is 16. The number of aromatic hydroxyl groups is 8. The van der Waals surface area contributed by atoms with E-state index in [1.54, 1.807) is 12.1 Å². The van der Waals surface area contributed by atoms with Gasteiger partial charge in [0.05, 0.1) is 0 Å². The molecule has 0 saturated carbocycles. The van der Waals surface area contributed by atoms with Crippen LogP contribution in [-0.4, -0.2) is 110 Å². The molecule has 1 aliphatic carbocycles. The SMILES string of the molecule is OB(O)c1ccc(Cc2c(O)cc(O)c3c2-c2cc(c(O)cc2O)C(c2ccc(B(O)O)cc2)c2cc(c(O)cc2O)C(c2ccc(B(O)O)cc2)c2cc(c(O)cc2O)C3c2ccc(B(O)O)cc2)cc1. The van der Waals surface area contributed by atoms with Crippen molar-refractivity contribution in [2.75, 3.05) is 0 Å². The minimum absolute atomic E-state index is 0.00440. The van der Waals surface area contributed by atoms with E-state index in [2.05, 4.69) is 0 Å². The third-order valence-electron chi connectivity index (χ3n) is 13.4. The molecule has 0 aromatic heterocycles. The molecule has 72 heavy (non-hydrogen) atoms. The van der Waals surface area contributed by atoms with Crippen LogP contribution in [0.1, 0.15) is 79.0 Å². The summed E-state index contributed by atoms with van der Waals surface area (Å²) < 4.78 is 0. The van der Waals surface area contributed by atoms with Gasteiger partial charge in [-0.2, -0.15) is 0 Å². The van der Waals surface area contributed by atoms with Gasteiger partial charge in [-0.15, -0.1) is 0 Å². The van der Waals surface area contributed by atoms with Gasteiger partial charge >= 0.3 is 28.5 Å². The fraction of sp³-hybridized carbons (Fsp3) is 0.0769. The van der Waals surface area contributed by atoms with Crippen LogP contribution in [0.2, 0.25) is 0 Å². The Labute approximate surface area is 412 Å². The van der Waals surface area contributed by atoms with Gasteiger partial charge in [-0.25, -0.2) is 0 Å². The number of phenolic OH excluding ortho intramolecular Hbond substituents is 8. The molecule has 3 atom stereocenters. The average molecular weight is 968 g/mol. The van der Waals surface area contributed by atoms with Crippen molar-refractivity contribution in [2.24, 2.45) is 0 Å². The zero-order valence-corrected chi connectivity index (χ0v) is 37.7. The molecule has 0 spiro atoms. The summed E-state index contributed by atoms with van der Waals surface area (Å²) in [6.07, 6.45) is -0.168. The maximum absolute atomic E-state index is 12.4. The van der Waals surface area contributed by atoms with Crippen molar-refractivity contribution in [3.63, 3.8) is 0 Å². The van der Waals surface area contributed by atoms with Crippen molar-refractivity contribution >= 4 is 50.3 Å². The Bertz CT molecular complexity index is 3330. The fourth-order valence-electron chi connectivity index (χ4n) is 9.81. The summed E-state index contributed by atoms with van der Waals surface area (Å²) in [7, 11) is -7.48. The second kappa shape index (κ2) is 19.4. The third-order valence-corrected chi connectivity index (χ3v) is 13.4. The molecule has 8 aromatic carbocycles. The summed E-state index contributed by atoms with van der Waals surface area (Å²) in [4.78, 5) is 0. The molecule has 0 fully saturated rings. The largest absolute Gasteiger partial charge is 0.507 e. The molecule has 20 heteroatoms. The van der Waals surface area contributed by atoms with Crippen LogP contribution in [-0.2, 0) is 6.42 Å². The monoisotopic (exact) mass is 968 g/mol. The molecule has 0 radical (unpaired) electrons. The van der Waals surface area contributed by atoms with E-state index in [0.29, 0.717) is 16.7 Å². The highest BCUT2D eigenvalue weighted by Gasteiger charge is 2.36. The molecule has 360 valence electrons. The Hall–Kier alpha value is -7.90. The van der Waals surface area contributed by atoms with Gasteiger partial charge in [-0.1, -0.05) is 97.1 Å². The zero-order chi connectivity index (χ0) is 51.4. The molecule has 0 amide bonds. The second-order valence-electron chi connectivity index (χ2n) is 17.8.